The van der Waals surface area contributed by atoms with Crippen molar-refractivity contribution in [1.29, 1.82) is 0 Å². The van der Waals surface area contributed by atoms with E-state index >= 15 is 0 Å². The first-order valence-corrected chi connectivity index (χ1v) is 19.4. The van der Waals surface area contributed by atoms with Crippen molar-refractivity contribution in [2.45, 2.75) is 168 Å². The van der Waals surface area contributed by atoms with E-state index in [9.17, 15) is 86.2 Å². The summed E-state index contributed by atoms with van der Waals surface area (Å²) in [6.07, 6.45) is -40.8. The van der Waals surface area contributed by atoms with Gasteiger partial charge in [-0.2, -0.15) is 0 Å². The highest BCUT2D eigenvalue weighted by molar-refractivity contribution is 5.73. The van der Waals surface area contributed by atoms with Crippen LogP contribution < -0.4 is 10.6 Å². The zero-order valence-corrected chi connectivity index (χ0v) is 33.2. The summed E-state index contributed by atoms with van der Waals surface area (Å²) in [5.74, 6) is -1.56. The van der Waals surface area contributed by atoms with Crippen LogP contribution in [0.5, 0.6) is 0 Å². The molecule has 4 aliphatic rings. The summed E-state index contributed by atoms with van der Waals surface area (Å²) in [4.78, 5) is 24.4. The van der Waals surface area contributed by atoms with Crippen LogP contribution in [-0.4, -0.2) is 269 Å². The van der Waals surface area contributed by atoms with Crippen molar-refractivity contribution >= 4 is 11.8 Å². The quantitative estimate of drug-likeness (QED) is 0.0607. The molecule has 0 bridgehead atoms. The van der Waals surface area contributed by atoms with Crippen molar-refractivity contribution in [3.63, 3.8) is 0 Å². The number of amides is 2. The Labute approximate surface area is 347 Å². The van der Waals surface area contributed by atoms with Crippen molar-refractivity contribution in [3.8, 4) is 0 Å². The van der Waals surface area contributed by atoms with Gasteiger partial charge < -0.3 is 125 Å². The molecule has 2 amide bonds. The van der Waals surface area contributed by atoms with Crippen molar-refractivity contribution in [2.75, 3.05) is 33.0 Å². The average molecular weight is 897 g/mol. The molecular weight excluding hydrogens is 836 g/mol. The second-order valence-corrected chi connectivity index (χ2v) is 15.2. The molecule has 4 aliphatic heterocycles. The Kier molecular flexibility index (Phi) is 19.3. The van der Waals surface area contributed by atoms with E-state index in [0.717, 1.165) is 13.8 Å². The molecule has 0 spiro atoms. The van der Waals surface area contributed by atoms with Gasteiger partial charge in [-0.1, -0.05) is 0 Å². The highest BCUT2D eigenvalue weighted by atomic mass is 16.8. The number of carbonyl (C=O) groups is 2. The molecule has 0 aromatic heterocycles. The number of hydrogen-bond donors (Lipinski definition) is 17. The largest absolute Gasteiger partial charge is 0.394 e. The van der Waals surface area contributed by atoms with E-state index in [4.69, 9.17) is 37.9 Å². The Morgan fingerprint density at radius 2 is 1.05 bits per heavy atom. The fourth-order valence-corrected chi connectivity index (χ4v) is 7.36. The third-order valence-corrected chi connectivity index (χ3v) is 10.7. The summed E-state index contributed by atoms with van der Waals surface area (Å²) in [5, 5.41) is 162. The van der Waals surface area contributed by atoms with Crippen LogP contribution in [0.15, 0.2) is 0 Å². The number of nitrogens with one attached hydrogen (secondary N) is 2. The molecule has 24 atom stereocenters. The van der Waals surface area contributed by atoms with Crippen LogP contribution in [-0.2, 0) is 47.5 Å². The molecule has 4 saturated heterocycles. The van der Waals surface area contributed by atoms with E-state index < -0.39 is 192 Å². The molecule has 17 N–H and O–H groups in total. The van der Waals surface area contributed by atoms with Gasteiger partial charge in [0.15, 0.2) is 25.2 Å². The molecule has 4 rings (SSSR count). The third kappa shape index (κ3) is 11.8. The second kappa shape index (κ2) is 22.8. The van der Waals surface area contributed by atoms with Crippen molar-refractivity contribution < 1.29 is 124 Å². The minimum absolute atomic E-state index is 0.734. The lowest BCUT2D eigenvalue weighted by Crippen LogP contribution is -2.70. The first-order chi connectivity index (χ1) is 28.7. The first-order valence-electron chi connectivity index (χ1n) is 19.4. The summed E-state index contributed by atoms with van der Waals surface area (Å²) in [6.45, 7) is -1.49. The zero-order chi connectivity index (χ0) is 45.6. The average Bonchev–Trinajstić information content (AvgIpc) is 3.23. The van der Waals surface area contributed by atoms with Gasteiger partial charge in [-0.05, 0) is 6.92 Å². The van der Waals surface area contributed by atoms with E-state index in [0.29, 0.717) is 0 Å². The maximum absolute atomic E-state index is 12.5. The van der Waals surface area contributed by atoms with Crippen LogP contribution in [0.2, 0.25) is 0 Å². The summed E-state index contributed by atoms with van der Waals surface area (Å²) in [7, 11) is 0. The van der Waals surface area contributed by atoms with Gasteiger partial charge in [0.25, 0.3) is 0 Å². The minimum Gasteiger partial charge on any atom is -0.394 e. The normalized spacial score (nSPS) is 44.1. The maximum atomic E-state index is 12.5. The third-order valence-electron chi connectivity index (χ3n) is 10.7. The molecule has 0 aliphatic carbocycles. The van der Waals surface area contributed by atoms with Crippen LogP contribution in [0.25, 0.3) is 0 Å². The Morgan fingerprint density at radius 1 is 0.557 bits per heavy atom. The Hall–Kier alpha value is -1.98. The van der Waals surface area contributed by atoms with Crippen LogP contribution in [0.1, 0.15) is 20.8 Å². The molecule has 356 valence electrons. The maximum Gasteiger partial charge on any atom is 0.217 e. The fraction of sp³-hybridized carbons (Fsp3) is 0.941. The number of ether oxygens (including phenoxy) is 8. The fourth-order valence-electron chi connectivity index (χ4n) is 7.36. The first kappa shape index (κ1) is 51.7. The van der Waals surface area contributed by atoms with Gasteiger partial charge in [0.1, 0.15) is 110 Å². The molecule has 27 nitrogen and oxygen atoms in total. The van der Waals surface area contributed by atoms with Crippen LogP contribution >= 0.6 is 0 Å². The van der Waals surface area contributed by atoms with Gasteiger partial charge in [-0.25, -0.2) is 0 Å². The van der Waals surface area contributed by atoms with Gasteiger partial charge >= 0.3 is 0 Å². The molecule has 0 saturated carbocycles. The molecule has 0 aromatic rings. The highest BCUT2D eigenvalue weighted by Gasteiger charge is 2.57. The standard InChI is InChI=1S/C34H60N2O25/c1-9-18(45)22(49)24(51)32(54-9)61-30-26(53)29(59-33-25(52)23(50)20(47)14(6-39)55-33)16(8-41)57-34(30)60-28-15(7-40)56-31(17(21(28)48)36-11(3)43)58-27(19(46)13(44)5-38)12(4-37)35-10(2)42/h9,12-34,37-41,44-53H,4-8H2,1-3H3,(H,35,42)(H,36,43)/t9-,12-,13+,14+,15+,16+,17+,18+,19-,20-,21+,22+,23-,24-,25+,26-,27+,28+,29-,30+,31-,32-,33+,34-/m0/s1. The molecule has 0 unspecified atom stereocenters. The Morgan fingerprint density at radius 3 is 1.57 bits per heavy atom. The number of aliphatic hydroxyl groups is 15. The lowest BCUT2D eigenvalue weighted by Gasteiger charge is -2.51. The van der Waals surface area contributed by atoms with Gasteiger partial charge in [0, 0.05) is 13.8 Å². The molecule has 0 radical (unpaired) electrons. The molecule has 4 heterocycles. The SMILES string of the molecule is CC(=O)N[C@H]1[C@H](O[C@@H]([C@@H](O)[C@H](O)CO)[C@H](CO)NC(C)=O)O[C@H](CO)[C@@H](O[C@@H]2O[C@H](CO)[C@H](O[C@H]3O[C@H](CO)[C@H](O)[C@H](O)[C@H]3O)[C@H](O)[C@H]2O[C@@H]2O[C@@H](C)[C@@H](O)[C@@H](O)[C@@H]2O)[C@@H]1O. The Bertz CT molecular complexity index is 1370. The predicted octanol–water partition coefficient (Wildman–Crippen LogP) is -11.0. The number of aliphatic hydroxyl groups excluding tert-OH is 15. The predicted molar refractivity (Wildman–Crippen MR) is 191 cm³/mol. The Balaban J connectivity index is 1.70. The van der Waals surface area contributed by atoms with Gasteiger partial charge in [0.05, 0.1) is 45.2 Å². The molecule has 4 fully saturated rings. The van der Waals surface area contributed by atoms with E-state index in [-0.39, 0.29) is 0 Å². The van der Waals surface area contributed by atoms with E-state index in [1.165, 1.54) is 6.92 Å². The summed E-state index contributed by atoms with van der Waals surface area (Å²) in [6, 6.07) is -3.25. The smallest absolute Gasteiger partial charge is 0.217 e. The molecule has 27 heteroatoms. The van der Waals surface area contributed by atoms with Gasteiger partial charge in [0.2, 0.25) is 11.8 Å². The van der Waals surface area contributed by atoms with Crippen molar-refractivity contribution in [2.24, 2.45) is 0 Å². The van der Waals surface area contributed by atoms with E-state index in [2.05, 4.69) is 10.6 Å². The molecular formula is C34H60N2O25. The summed E-state index contributed by atoms with van der Waals surface area (Å²) >= 11 is 0. The second-order valence-electron chi connectivity index (χ2n) is 15.2. The van der Waals surface area contributed by atoms with Gasteiger partial charge in [-0.15, -0.1) is 0 Å². The number of rotatable bonds is 18. The molecule has 61 heavy (non-hydrogen) atoms. The van der Waals surface area contributed by atoms with E-state index in [1.807, 2.05) is 0 Å². The summed E-state index contributed by atoms with van der Waals surface area (Å²) in [5.41, 5.74) is 0. The van der Waals surface area contributed by atoms with Crippen LogP contribution in [0.3, 0.4) is 0 Å². The van der Waals surface area contributed by atoms with Crippen molar-refractivity contribution in [3.05, 3.63) is 0 Å². The lowest BCUT2D eigenvalue weighted by atomic mass is 9.94. The molecule has 0 aromatic carbocycles. The minimum atomic E-state index is -2.13. The monoisotopic (exact) mass is 896 g/mol. The number of hydrogen-bond acceptors (Lipinski definition) is 25. The topological polar surface area (TPSA) is 435 Å². The number of carbonyl (C=O) groups excluding carboxylic acids is 2. The highest BCUT2D eigenvalue weighted by Crippen LogP contribution is 2.36. The van der Waals surface area contributed by atoms with Gasteiger partial charge in [-0.3, -0.25) is 9.59 Å². The van der Waals surface area contributed by atoms with Crippen LogP contribution in [0.4, 0.5) is 0 Å². The van der Waals surface area contributed by atoms with Crippen molar-refractivity contribution in [1.82, 2.24) is 10.6 Å². The van der Waals surface area contributed by atoms with Crippen LogP contribution in [0, 0.1) is 0 Å². The lowest BCUT2D eigenvalue weighted by molar-refractivity contribution is -0.399. The van der Waals surface area contributed by atoms with E-state index in [1.54, 1.807) is 0 Å². The summed E-state index contributed by atoms with van der Waals surface area (Å²) < 4.78 is 46.2. The zero-order valence-electron chi connectivity index (χ0n) is 33.2.